The van der Waals surface area contributed by atoms with Crippen LogP contribution in [0.1, 0.15) is 59.9 Å². The van der Waals surface area contributed by atoms with Crippen molar-refractivity contribution in [1.82, 2.24) is 20.0 Å². The van der Waals surface area contributed by atoms with E-state index in [1.54, 1.807) is 12.1 Å². The number of piperidine rings is 1. The number of aryl methyl sites for hydroxylation is 1. The molecule has 1 amide bonds. The summed E-state index contributed by atoms with van der Waals surface area (Å²) >= 11 is 0. The maximum atomic E-state index is 13.4. The molecule has 1 aliphatic carbocycles. The van der Waals surface area contributed by atoms with Crippen LogP contribution in [-0.2, 0) is 25.8 Å². The molecule has 156 valence electrons. The number of nitrogens with zero attached hydrogens (tertiary/aromatic N) is 3. The van der Waals surface area contributed by atoms with Crippen molar-refractivity contribution in [1.29, 1.82) is 0 Å². The minimum Gasteiger partial charge on any atom is -0.337 e. The van der Waals surface area contributed by atoms with Gasteiger partial charge in [0.25, 0.3) is 5.91 Å². The number of benzene rings is 1. The zero-order valence-electron chi connectivity index (χ0n) is 17.3. The molecule has 1 saturated heterocycles. The third-order valence-electron chi connectivity index (χ3n) is 6.23. The highest BCUT2D eigenvalue weighted by Crippen LogP contribution is 2.27. The van der Waals surface area contributed by atoms with Gasteiger partial charge in [-0.3, -0.25) is 9.48 Å². The molecule has 0 bridgehead atoms. The van der Waals surface area contributed by atoms with Crippen LogP contribution >= 0.6 is 0 Å². The van der Waals surface area contributed by atoms with Gasteiger partial charge >= 0.3 is 0 Å². The molecular weight excluding hydrogens is 367 g/mol. The van der Waals surface area contributed by atoms with Crippen molar-refractivity contribution in [3.05, 3.63) is 52.6 Å². The van der Waals surface area contributed by atoms with Crippen molar-refractivity contribution < 1.29 is 9.18 Å². The van der Waals surface area contributed by atoms with Crippen LogP contribution in [0.25, 0.3) is 0 Å². The molecule has 0 saturated carbocycles. The fourth-order valence-corrected chi connectivity index (χ4v) is 4.66. The lowest BCUT2D eigenvalue weighted by Crippen LogP contribution is -2.38. The van der Waals surface area contributed by atoms with Gasteiger partial charge in [0.15, 0.2) is 5.69 Å². The van der Waals surface area contributed by atoms with Crippen molar-refractivity contribution in [3.63, 3.8) is 0 Å². The van der Waals surface area contributed by atoms with Crippen LogP contribution in [0.5, 0.6) is 0 Å². The number of aromatic nitrogens is 2. The van der Waals surface area contributed by atoms with E-state index in [-0.39, 0.29) is 11.7 Å². The number of hydrogen-bond acceptors (Lipinski definition) is 3. The van der Waals surface area contributed by atoms with Gasteiger partial charge in [0.2, 0.25) is 0 Å². The Morgan fingerprint density at radius 3 is 2.86 bits per heavy atom. The summed E-state index contributed by atoms with van der Waals surface area (Å²) in [4.78, 5) is 15.1. The number of nitrogens with one attached hydrogen (secondary N) is 1. The van der Waals surface area contributed by atoms with Gasteiger partial charge in [0, 0.05) is 36.9 Å². The van der Waals surface area contributed by atoms with E-state index < -0.39 is 0 Å². The lowest BCUT2D eigenvalue weighted by Gasteiger charge is -2.27. The van der Waals surface area contributed by atoms with Crippen LogP contribution in [-0.4, -0.2) is 46.3 Å². The molecule has 1 aromatic carbocycles. The van der Waals surface area contributed by atoms with Crippen LogP contribution in [0.4, 0.5) is 4.39 Å². The molecule has 2 aliphatic rings. The number of halogens is 1. The summed E-state index contributed by atoms with van der Waals surface area (Å²) in [5, 5.41) is 8.33. The Labute approximate surface area is 172 Å². The average Bonchev–Trinajstić information content (AvgIpc) is 3.12. The molecular formula is C23H31FN4O. The quantitative estimate of drug-likeness (QED) is 0.812. The number of amides is 1. The van der Waals surface area contributed by atoms with Crippen LogP contribution in [0, 0.1) is 5.82 Å². The van der Waals surface area contributed by atoms with Gasteiger partial charge < -0.3 is 10.2 Å². The van der Waals surface area contributed by atoms with Gasteiger partial charge in [-0.25, -0.2) is 4.39 Å². The maximum absolute atomic E-state index is 13.4. The van der Waals surface area contributed by atoms with E-state index >= 15 is 0 Å². The van der Waals surface area contributed by atoms with E-state index in [0.29, 0.717) is 11.7 Å². The van der Waals surface area contributed by atoms with E-state index in [1.165, 1.54) is 18.2 Å². The summed E-state index contributed by atoms with van der Waals surface area (Å²) < 4.78 is 15.4. The third kappa shape index (κ3) is 4.53. The first-order chi connectivity index (χ1) is 14.2. The van der Waals surface area contributed by atoms with Crippen LogP contribution in [0.3, 0.4) is 0 Å². The Hall–Kier alpha value is -2.21. The van der Waals surface area contributed by atoms with Gasteiger partial charge in [-0.15, -0.1) is 0 Å². The fraction of sp³-hybridized carbons (Fsp3) is 0.565. The molecule has 1 atom stereocenters. The number of hydrogen-bond donors (Lipinski definition) is 1. The lowest BCUT2D eigenvalue weighted by molar-refractivity contribution is 0.0716. The summed E-state index contributed by atoms with van der Waals surface area (Å²) in [5.41, 5.74) is 4.04. The van der Waals surface area contributed by atoms with Crippen molar-refractivity contribution in [2.75, 3.05) is 19.6 Å². The monoisotopic (exact) mass is 398 g/mol. The molecule has 1 N–H and O–H groups in total. The second-order valence-electron chi connectivity index (χ2n) is 8.22. The fourth-order valence-electron chi connectivity index (χ4n) is 4.66. The summed E-state index contributed by atoms with van der Waals surface area (Å²) in [6.07, 6.45) is 7.02. The highest BCUT2D eigenvalue weighted by atomic mass is 19.1. The van der Waals surface area contributed by atoms with E-state index in [0.717, 1.165) is 75.8 Å². The van der Waals surface area contributed by atoms with E-state index in [2.05, 4.69) is 12.2 Å². The number of likely N-dealkylation sites (tertiary alicyclic amines) is 1. The lowest BCUT2D eigenvalue weighted by atomic mass is 9.90. The summed E-state index contributed by atoms with van der Waals surface area (Å²) in [5.74, 6) is -0.0776. The molecule has 5 nitrogen and oxygen atoms in total. The van der Waals surface area contributed by atoms with E-state index in [9.17, 15) is 9.18 Å². The molecule has 4 rings (SSSR count). The van der Waals surface area contributed by atoms with Gasteiger partial charge in [0.05, 0.1) is 0 Å². The number of rotatable bonds is 6. The number of carbonyl (C=O) groups excluding carboxylic acids is 1. The zero-order chi connectivity index (χ0) is 20.2. The summed E-state index contributed by atoms with van der Waals surface area (Å²) in [7, 11) is 0. The standard InChI is InChI=1S/C23H31FN4O/c1-2-28-21-10-9-19(25-12-11-17-7-6-8-18(24)15-17)16-20(21)22(26-28)23(29)27-13-4-3-5-14-27/h6-8,15,19,25H,2-5,9-14,16H2,1H3. The van der Waals surface area contributed by atoms with Gasteiger partial charge in [-0.2, -0.15) is 5.10 Å². The van der Waals surface area contributed by atoms with Crippen molar-refractivity contribution in [2.45, 2.75) is 64.5 Å². The molecule has 2 aromatic rings. The first-order valence-corrected chi connectivity index (χ1v) is 11.0. The molecule has 2 heterocycles. The molecule has 1 fully saturated rings. The predicted molar refractivity (Wildman–Crippen MR) is 112 cm³/mol. The molecule has 6 heteroatoms. The first-order valence-electron chi connectivity index (χ1n) is 11.0. The SMILES string of the molecule is CCn1nc(C(=O)N2CCCCC2)c2c1CCC(NCCc1cccc(F)c1)C2. The van der Waals surface area contributed by atoms with E-state index in [1.807, 2.05) is 15.6 Å². The van der Waals surface area contributed by atoms with Crippen LogP contribution in [0.2, 0.25) is 0 Å². The van der Waals surface area contributed by atoms with Gasteiger partial charge in [-0.1, -0.05) is 12.1 Å². The normalized spacial score (nSPS) is 19.2. The van der Waals surface area contributed by atoms with Crippen LogP contribution < -0.4 is 5.32 Å². The highest BCUT2D eigenvalue weighted by Gasteiger charge is 2.31. The van der Waals surface area contributed by atoms with Crippen molar-refractivity contribution >= 4 is 5.91 Å². The molecule has 1 aliphatic heterocycles. The third-order valence-corrected chi connectivity index (χ3v) is 6.23. The predicted octanol–water partition coefficient (Wildman–Crippen LogP) is 3.36. The van der Waals surface area contributed by atoms with Gasteiger partial charge in [-0.05, 0) is 76.1 Å². The van der Waals surface area contributed by atoms with Gasteiger partial charge in [0.1, 0.15) is 5.82 Å². The number of carbonyl (C=O) groups is 1. The zero-order valence-corrected chi connectivity index (χ0v) is 17.3. The Morgan fingerprint density at radius 2 is 2.10 bits per heavy atom. The Kier molecular flexibility index (Phi) is 6.28. The minimum absolute atomic E-state index is 0.105. The first kappa shape index (κ1) is 20.1. The molecule has 1 aromatic heterocycles. The average molecular weight is 399 g/mol. The van der Waals surface area contributed by atoms with Crippen LogP contribution in [0.15, 0.2) is 24.3 Å². The number of fused-ring (bicyclic) bond motifs is 1. The summed E-state index contributed by atoms with van der Waals surface area (Å²) in [6, 6.07) is 7.13. The molecule has 29 heavy (non-hydrogen) atoms. The maximum Gasteiger partial charge on any atom is 0.274 e. The second kappa shape index (κ2) is 9.08. The minimum atomic E-state index is -0.183. The Morgan fingerprint density at radius 1 is 1.28 bits per heavy atom. The Balaban J connectivity index is 1.43. The Bertz CT molecular complexity index is 857. The molecule has 0 radical (unpaired) electrons. The highest BCUT2D eigenvalue weighted by molar-refractivity contribution is 5.94. The van der Waals surface area contributed by atoms with Crippen molar-refractivity contribution in [3.8, 4) is 0 Å². The summed E-state index contributed by atoms with van der Waals surface area (Å²) in [6.45, 7) is 5.39. The topological polar surface area (TPSA) is 50.2 Å². The second-order valence-corrected chi connectivity index (χ2v) is 8.22. The van der Waals surface area contributed by atoms with E-state index in [4.69, 9.17) is 5.10 Å². The largest absolute Gasteiger partial charge is 0.337 e. The van der Waals surface area contributed by atoms with Crippen molar-refractivity contribution in [2.24, 2.45) is 0 Å². The molecule has 0 spiro atoms. The smallest absolute Gasteiger partial charge is 0.274 e. The molecule has 1 unspecified atom stereocenters.